The van der Waals surface area contributed by atoms with Crippen molar-refractivity contribution in [2.75, 3.05) is 9.71 Å². The van der Waals surface area contributed by atoms with Crippen LogP contribution >= 0.6 is 11.3 Å². The summed E-state index contributed by atoms with van der Waals surface area (Å²) < 4.78 is 10.3. The van der Waals surface area contributed by atoms with E-state index in [2.05, 4.69) is 235 Å². The van der Waals surface area contributed by atoms with Crippen molar-refractivity contribution in [2.45, 2.75) is 149 Å². The average molecular weight is 961 g/mol. The quantitative estimate of drug-likeness (QED) is 0.161. The highest BCUT2D eigenvalue weighted by atomic mass is 32.1. The molecule has 3 nitrogen and oxygen atoms in total. The standard InChI is InChI=1S/C67H69BN2OS/c1-62(2,3)38-20-25-41(26-21-38)69-59-49-32-40(64(7,8)9)24-29-54(49)71-61(59)68-58-48(34-47-43-18-16-17-19-50(43)67(14,15)57(47)60(58)69)44-33-45-46-35-51-52(66(12,13)31-30-65(51,10)11)36-55(46)72-56(45)37-53(44)70(68)42-27-22-39(23-28-42)63(4,5)6/h16-29,32-37H,30-31H2,1-15H3. The van der Waals surface area contributed by atoms with Gasteiger partial charge < -0.3 is 14.1 Å². The molecular weight excluding hydrogens is 892 g/mol. The Hall–Kier alpha value is -6.04. The zero-order valence-corrected chi connectivity index (χ0v) is 46.1. The predicted octanol–water partition coefficient (Wildman–Crippen LogP) is 18.1. The molecule has 0 saturated heterocycles. The molecule has 2 aromatic heterocycles. The van der Waals surface area contributed by atoms with Crippen LogP contribution in [0.3, 0.4) is 0 Å². The van der Waals surface area contributed by atoms with Crippen LogP contribution in [0.2, 0.25) is 0 Å². The second kappa shape index (κ2) is 14.6. The van der Waals surface area contributed by atoms with E-state index in [1.165, 1.54) is 111 Å². The molecule has 72 heavy (non-hydrogen) atoms. The van der Waals surface area contributed by atoms with Crippen molar-refractivity contribution in [2.24, 2.45) is 0 Å². The second-order valence-electron chi connectivity index (χ2n) is 26.9. The van der Waals surface area contributed by atoms with E-state index >= 15 is 0 Å². The molecule has 0 radical (unpaired) electrons. The fourth-order valence-corrected chi connectivity index (χ4v) is 14.5. The molecule has 2 aliphatic heterocycles. The number of benzene rings is 7. The second-order valence-corrected chi connectivity index (χ2v) is 28.0. The summed E-state index contributed by atoms with van der Waals surface area (Å²) >= 11 is 1.96. The lowest BCUT2D eigenvalue weighted by molar-refractivity contribution is 0.332. The topological polar surface area (TPSA) is 19.6 Å². The van der Waals surface area contributed by atoms with Gasteiger partial charge in [-0.15, -0.1) is 11.3 Å². The Balaban J connectivity index is 1.20. The molecular formula is C67H69BN2OS. The first-order valence-corrected chi connectivity index (χ1v) is 27.4. The van der Waals surface area contributed by atoms with Crippen molar-refractivity contribution in [3.8, 4) is 22.3 Å². The molecule has 0 saturated carbocycles. The van der Waals surface area contributed by atoms with Crippen LogP contribution in [0.4, 0.5) is 28.4 Å². The van der Waals surface area contributed by atoms with Crippen LogP contribution in [-0.2, 0) is 32.5 Å². The molecule has 4 heterocycles. The molecule has 7 aromatic carbocycles. The number of anilines is 5. The van der Waals surface area contributed by atoms with Crippen molar-refractivity contribution in [1.29, 1.82) is 0 Å². The summed E-state index contributed by atoms with van der Waals surface area (Å²) in [4.78, 5) is 5.31. The number of thiophene rings is 1. The number of hydrogen-bond donors (Lipinski definition) is 0. The van der Waals surface area contributed by atoms with Gasteiger partial charge in [0.1, 0.15) is 11.2 Å². The molecule has 9 aromatic rings. The number of nitrogens with zero attached hydrogens (tertiary/aromatic N) is 2. The summed E-state index contributed by atoms with van der Waals surface area (Å²) in [6.07, 6.45) is 2.39. The van der Waals surface area contributed by atoms with E-state index < -0.39 is 0 Å². The Labute approximate surface area is 432 Å². The Morgan fingerprint density at radius 1 is 0.500 bits per heavy atom. The van der Waals surface area contributed by atoms with Crippen LogP contribution < -0.4 is 20.8 Å². The summed E-state index contributed by atoms with van der Waals surface area (Å²) in [5.74, 6) is 0. The van der Waals surface area contributed by atoms with Crippen LogP contribution in [-0.4, -0.2) is 6.85 Å². The van der Waals surface area contributed by atoms with Crippen LogP contribution in [0, 0.1) is 0 Å². The summed E-state index contributed by atoms with van der Waals surface area (Å²) in [6.45, 7) is 35.3. The molecule has 0 spiro atoms. The largest absolute Gasteiger partial charge is 0.466 e. The van der Waals surface area contributed by atoms with Gasteiger partial charge in [-0.05, 0) is 168 Å². The zero-order valence-electron chi connectivity index (χ0n) is 45.2. The smallest absolute Gasteiger partial charge is 0.375 e. The lowest BCUT2D eigenvalue weighted by Crippen LogP contribution is -2.61. The highest BCUT2D eigenvalue weighted by Crippen LogP contribution is 2.60. The van der Waals surface area contributed by atoms with E-state index in [4.69, 9.17) is 4.42 Å². The molecule has 4 aliphatic rings. The Morgan fingerprint density at radius 2 is 1.07 bits per heavy atom. The van der Waals surface area contributed by atoms with E-state index in [1.54, 1.807) is 0 Å². The van der Waals surface area contributed by atoms with Crippen molar-refractivity contribution in [3.05, 3.63) is 160 Å². The van der Waals surface area contributed by atoms with Gasteiger partial charge in [0.25, 0.3) is 0 Å². The monoisotopic (exact) mass is 961 g/mol. The van der Waals surface area contributed by atoms with E-state index in [0.717, 1.165) is 33.7 Å². The van der Waals surface area contributed by atoms with Crippen molar-refractivity contribution >= 4 is 88.9 Å². The van der Waals surface area contributed by atoms with E-state index in [1.807, 2.05) is 11.3 Å². The Morgan fingerprint density at radius 3 is 1.71 bits per heavy atom. The Kier molecular flexibility index (Phi) is 9.28. The van der Waals surface area contributed by atoms with Gasteiger partial charge >= 0.3 is 6.85 Å². The maximum atomic E-state index is 7.57. The van der Waals surface area contributed by atoms with Gasteiger partial charge in [0, 0.05) is 59.3 Å². The van der Waals surface area contributed by atoms with Gasteiger partial charge in [0.05, 0.1) is 5.69 Å². The molecule has 0 amide bonds. The molecule has 5 heteroatoms. The van der Waals surface area contributed by atoms with Gasteiger partial charge in [0.15, 0.2) is 0 Å². The van der Waals surface area contributed by atoms with Gasteiger partial charge in [-0.25, -0.2) is 0 Å². The van der Waals surface area contributed by atoms with E-state index in [0.29, 0.717) is 0 Å². The first kappa shape index (κ1) is 45.8. The first-order chi connectivity index (χ1) is 33.8. The van der Waals surface area contributed by atoms with Crippen molar-refractivity contribution in [3.63, 3.8) is 0 Å². The molecule has 0 bridgehead atoms. The minimum absolute atomic E-state index is 0.00654. The Bertz CT molecular complexity index is 3780. The molecule has 0 unspecified atom stereocenters. The van der Waals surface area contributed by atoms with Gasteiger partial charge in [-0.1, -0.05) is 158 Å². The summed E-state index contributed by atoms with van der Waals surface area (Å²) in [5, 5.41) is 3.87. The number of fused-ring (bicyclic) bond motifs is 14. The molecule has 362 valence electrons. The molecule has 0 N–H and O–H groups in total. The van der Waals surface area contributed by atoms with Crippen molar-refractivity contribution in [1.82, 2.24) is 0 Å². The minimum atomic E-state index is -0.301. The van der Waals surface area contributed by atoms with Crippen LogP contribution in [0.25, 0.3) is 53.4 Å². The SMILES string of the molecule is CC(C)(C)c1ccc(N2B3c4oc5ccc(C(C)(C)C)cc5c4N(c4ccc(C(C)(C)C)cc4)c4c3c(cc3c4C(C)(C)c4ccccc4-3)-c3cc4c(cc32)sc2cc3c(cc24)C(C)(C)CCC3(C)C)cc1. The third-order valence-electron chi connectivity index (χ3n) is 17.8. The van der Waals surface area contributed by atoms with Crippen LogP contribution in [0.1, 0.15) is 156 Å². The minimum Gasteiger partial charge on any atom is -0.466 e. The zero-order chi connectivity index (χ0) is 50.6. The molecule has 2 aliphatic carbocycles. The number of rotatable bonds is 2. The van der Waals surface area contributed by atoms with Gasteiger partial charge in [-0.2, -0.15) is 0 Å². The van der Waals surface area contributed by atoms with Crippen molar-refractivity contribution < 1.29 is 4.42 Å². The lowest BCUT2D eigenvalue weighted by Gasteiger charge is -2.45. The van der Waals surface area contributed by atoms with Gasteiger partial charge in [0.2, 0.25) is 0 Å². The van der Waals surface area contributed by atoms with Crippen LogP contribution in [0.15, 0.2) is 126 Å². The summed E-state index contributed by atoms with van der Waals surface area (Å²) in [5.41, 5.74) is 24.0. The van der Waals surface area contributed by atoms with E-state index in [-0.39, 0.29) is 39.3 Å². The van der Waals surface area contributed by atoms with E-state index in [9.17, 15) is 0 Å². The third-order valence-corrected chi connectivity index (χ3v) is 18.9. The molecule has 0 atom stereocenters. The number of hydrogen-bond acceptors (Lipinski definition) is 4. The summed E-state index contributed by atoms with van der Waals surface area (Å²) in [7, 11) is 0. The predicted molar refractivity (Wildman–Crippen MR) is 312 cm³/mol. The third kappa shape index (κ3) is 6.41. The summed E-state index contributed by atoms with van der Waals surface area (Å²) in [6, 6.07) is 48.0. The normalized spacial score (nSPS) is 17.2. The highest BCUT2D eigenvalue weighted by molar-refractivity contribution is 7.25. The number of furan rings is 1. The lowest BCUT2D eigenvalue weighted by atomic mass is 9.45. The maximum absolute atomic E-state index is 7.57. The molecule has 0 fully saturated rings. The van der Waals surface area contributed by atoms with Crippen LogP contribution in [0.5, 0.6) is 0 Å². The molecule has 13 rings (SSSR count). The fourth-order valence-electron chi connectivity index (χ4n) is 13.3. The van der Waals surface area contributed by atoms with Gasteiger partial charge in [-0.3, -0.25) is 0 Å². The average Bonchev–Trinajstić information content (AvgIpc) is 3.95. The fraction of sp³-hybridized carbons (Fsp3) is 0.343. The first-order valence-electron chi connectivity index (χ1n) is 26.6. The highest BCUT2D eigenvalue weighted by Gasteiger charge is 2.53. The maximum Gasteiger partial charge on any atom is 0.375 e.